The van der Waals surface area contributed by atoms with E-state index in [0.29, 0.717) is 0 Å². The highest BCUT2D eigenvalue weighted by Crippen LogP contribution is 2.31. The largest absolute Gasteiger partial charge is 0.0883 e. The van der Waals surface area contributed by atoms with E-state index in [1.807, 2.05) is 0 Å². The van der Waals surface area contributed by atoms with Crippen molar-refractivity contribution in [3.05, 3.63) is 12.2 Å². The molecule has 0 heterocycles. The van der Waals surface area contributed by atoms with Gasteiger partial charge in [-0.1, -0.05) is 47.8 Å². The lowest BCUT2D eigenvalue weighted by Gasteiger charge is -2.26. The lowest BCUT2D eigenvalue weighted by atomic mass is 9.80. The van der Waals surface area contributed by atoms with Crippen molar-refractivity contribution in [1.82, 2.24) is 0 Å². The zero-order valence-corrected chi connectivity index (χ0v) is 10.2. The van der Waals surface area contributed by atoms with Crippen LogP contribution in [-0.4, -0.2) is 5.33 Å². The molecule has 0 saturated heterocycles. The van der Waals surface area contributed by atoms with Crippen LogP contribution in [0.5, 0.6) is 0 Å². The summed E-state index contributed by atoms with van der Waals surface area (Å²) in [5.41, 5.74) is 0. The van der Waals surface area contributed by atoms with Gasteiger partial charge in [0.15, 0.2) is 0 Å². The van der Waals surface area contributed by atoms with Gasteiger partial charge in [0.25, 0.3) is 0 Å². The predicted octanol–water partition coefficient (Wildman–Crippen LogP) is 4.54. The summed E-state index contributed by atoms with van der Waals surface area (Å²) in [5, 5.41) is 1.02. The number of hydrogen-bond acceptors (Lipinski definition) is 0. The molecule has 0 atom stereocenters. The minimum Gasteiger partial charge on any atom is -0.0883 e. The Morgan fingerprint density at radius 1 is 1.23 bits per heavy atom. The van der Waals surface area contributed by atoms with Crippen molar-refractivity contribution in [2.24, 2.45) is 11.8 Å². The standard InChI is InChI=1S/C12H21Br/c1-2-4-11-6-8-12(9-7-11)5-3-10-13/h3,5,11-12H,2,4,6-10H2,1H3. The zero-order valence-electron chi connectivity index (χ0n) is 8.64. The second kappa shape index (κ2) is 6.64. The molecule has 0 radical (unpaired) electrons. The fraction of sp³-hybridized carbons (Fsp3) is 0.833. The quantitative estimate of drug-likeness (QED) is 0.503. The zero-order chi connectivity index (χ0) is 9.52. The summed E-state index contributed by atoms with van der Waals surface area (Å²) >= 11 is 3.43. The fourth-order valence-electron chi connectivity index (χ4n) is 2.32. The first-order valence-electron chi connectivity index (χ1n) is 5.59. The number of rotatable bonds is 4. The van der Waals surface area contributed by atoms with Crippen LogP contribution in [0, 0.1) is 11.8 Å². The van der Waals surface area contributed by atoms with Crippen molar-refractivity contribution >= 4 is 15.9 Å². The van der Waals surface area contributed by atoms with E-state index in [9.17, 15) is 0 Å². The van der Waals surface area contributed by atoms with E-state index in [-0.39, 0.29) is 0 Å². The van der Waals surface area contributed by atoms with Crippen molar-refractivity contribution in [3.8, 4) is 0 Å². The second-order valence-electron chi connectivity index (χ2n) is 4.15. The minimum absolute atomic E-state index is 0.880. The van der Waals surface area contributed by atoms with Crippen molar-refractivity contribution in [3.63, 3.8) is 0 Å². The molecule has 0 nitrogen and oxygen atoms in total. The summed E-state index contributed by atoms with van der Waals surface area (Å²) in [7, 11) is 0. The van der Waals surface area contributed by atoms with Crippen LogP contribution >= 0.6 is 15.9 Å². The molecule has 0 unspecified atom stereocenters. The van der Waals surface area contributed by atoms with Crippen molar-refractivity contribution < 1.29 is 0 Å². The molecule has 1 rings (SSSR count). The highest BCUT2D eigenvalue weighted by atomic mass is 79.9. The maximum atomic E-state index is 3.43. The van der Waals surface area contributed by atoms with Gasteiger partial charge in [0.05, 0.1) is 0 Å². The third kappa shape index (κ3) is 4.30. The minimum atomic E-state index is 0.880. The topological polar surface area (TPSA) is 0 Å². The average molecular weight is 245 g/mol. The lowest BCUT2D eigenvalue weighted by Crippen LogP contribution is -2.12. The van der Waals surface area contributed by atoms with Gasteiger partial charge in [-0.3, -0.25) is 0 Å². The molecule has 1 heteroatoms. The van der Waals surface area contributed by atoms with Gasteiger partial charge in [0.2, 0.25) is 0 Å². The van der Waals surface area contributed by atoms with Gasteiger partial charge in [-0.2, -0.15) is 0 Å². The Kier molecular flexibility index (Phi) is 5.77. The predicted molar refractivity (Wildman–Crippen MR) is 63.3 cm³/mol. The number of hydrogen-bond donors (Lipinski definition) is 0. The molecule has 0 aromatic heterocycles. The van der Waals surface area contributed by atoms with Gasteiger partial charge in [0.1, 0.15) is 0 Å². The van der Waals surface area contributed by atoms with Crippen molar-refractivity contribution in [1.29, 1.82) is 0 Å². The van der Waals surface area contributed by atoms with Gasteiger partial charge in [-0.25, -0.2) is 0 Å². The van der Waals surface area contributed by atoms with Crippen LogP contribution in [0.15, 0.2) is 12.2 Å². The SMILES string of the molecule is CCCC1CCC(C=CCBr)CC1. The normalized spacial score (nSPS) is 29.7. The molecule has 0 spiro atoms. The molecule has 0 aromatic carbocycles. The molecule has 13 heavy (non-hydrogen) atoms. The molecule has 1 aliphatic carbocycles. The summed E-state index contributed by atoms with van der Waals surface area (Å²) in [6, 6.07) is 0. The third-order valence-corrected chi connectivity index (χ3v) is 3.46. The molecule has 76 valence electrons. The van der Waals surface area contributed by atoms with Crippen molar-refractivity contribution in [2.45, 2.75) is 45.4 Å². The highest BCUT2D eigenvalue weighted by molar-refractivity contribution is 9.09. The number of halogens is 1. The molecule has 1 aliphatic rings. The summed E-state index contributed by atoms with van der Waals surface area (Å²) in [6.07, 6.45) is 13.3. The third-order valence-electron chi connectivity index (χ3n) is 3.09. The Morgan fingerprint density at radius 3 is 2.46 bits per heavy atom. The first kappa shape index (κ1) is 11.3. The molecule has 0 amide bonds. The summed E-state index contributed by atoms with van der Waals surface area (Å²) in [4.78, 5) is 0. The summed E-state index contributed by atoms with van der Waals surface area (Å²) < 4.78 is 0. The Labute approximate surface area is 90.9 Å². The number of alkyl halides is 1. The summed E-state index contributed by atoms with van der Waals surface area (Å²) in [6.45, 7) is 2.30. The molecular formula is C12H21Br. The van der Waals surface area contributed by atoms with Crippen LogP contribution in [0.25, 0.3) is 0 Å². The first-order valence-corrected chi connectivity index (χ1v) is 6.71. The van der Waals surface area contributed by atoms with Crippen LogP contribution in [0.4, 0.5) is 0 Å². The maximum absolute atomic E-state index is 3.43. The monoisotopic (exact) mass is 244 g/mol. The Balaban J connectivity index is 2.18. The van der Waals surface area contributed by atoms with E-state index >= 15 is 0 Å². The average Bonchev–Trinajstić information content (AvgIpc) is 2.17. The van der Waals surface area contributed by atoms with Crippen molar-refractivity contribution in [2.75, 3.05) is 5.33 Å². The number of allylic oxidation sites excluding steroid dienone is 2. The van der Waals surface area contributed by atoms with Gasteiger partial charge >= 0.3 is 0 Å². The van der Waals surface area contributed by atoms with E-state index in [4.69, 9.17) is 0 Å². The molecule has 0 aliphatic heterocycles. The van der Waals surface area contributed by atoms with E-state index in [1.54, 1.807) is 0 Å². The Hall–Kier alpha value is 0.220. The van der Waals surface area contributed by atoms with Gasteiger partial charge in [-0.05, 0) is 37.5 Å². The highest BCUT2D eigenvalue weighted by Gasteiger charge is 2.18. The first-order chi connectivity index (χ1) is 6.36. The lowest BCUT2D eigenvalue weighted by molar-refractivity contribution is 0.294. The van der Waals surface area contributed by atoms with Crippen LogP contribution in [0.2, 0.25) is 0 Å². The van der Waals surface area contributed by atoms with Crippen LogP contribution in [0.1, 0.15) is 45.4 Å². The second-order valence-corrected chi connectivity index (χ2v) is 4.80. The van der Waals surface area contributed by atoms with E-state index in [0.717, 1.165) is 17.2 Å². The Bertz CT molecular complexity index is 143. The van der Waals surface area contributed by atoms with E-state index in [2.05, 4.69) is 35.0 Å². The Morgan fingerprint density at radius 2 is 1.92 bits per heavy atom. The molecule has 1 saturated carbocycles. The van der Waals surface area contributed by atoms with Gasteiger partial charge in [0, 0.05) is 5.33 Å². The molecular weight excluding hydrogens is 224 g/mol. The van der Waals surface area contributed by atoms with Crippen LogP contribution < -0.4 is 0 Å². The molecule has 0 bridgehead atoms. The molecule has 0 aromatic rings. The van der Waals surface area contributed by atoms with E-state index in [1.165, 1.54) is 38.5 Å². The van der Waals surface area contributed by atoms with Gasteiger partial charge in [-0.15, -0.1) is 0 Å². The molecule has 1 fully saturated rings. The van der Waals surface area contributed by atoms with E-state index < -0.39 is 0 Å². The summed E-state index contributed by atoms with van der Waals surface area (Å²) in [5.74, 6) is 1.92. The van der Waals surface area contributed by atoms with Gasteiger partial charge < -0.3 is 0 Å². The molecule has 0 N–H and O–H groups in total. The fourth-order valence-corrected chi connectivity index (χ4v) is 2.54. The van der Waals surface area contributed by atoms with Crippen LogP contribution in [-0.2, 0) is 0 Å². The van der Waals surface area contributed by atoms with Crippen LogP contribution in [0.3, 0.4) is 0 Å². The smallest absolute Gasteiger partial charge is 0.0212 e. The maximum Gasteiger partial charge on any atom is 0.0212 e.